The van der Waals surface area contributed by atoms with Crippen LogP contribution in [0.4, 0.5) is 5.69 Å². The van der Waals surface area contributed by atoms with E-state index in [1.165, 1.54) is 19.2 Å². The van der Waals surface area contributed by atoms with Gasteiger partial charge in [-0.05, 0) is 48.9 Å². The summed E-state index contributed by atoms with van der Waals surface area (Å²) in [4.78, 5) is 12.6. The first-order valence-corrected chi connectivity index (χ1v) is 10.3. The SMILES string of the molecule is COc1ccc(NS(=O)(=O)c2ccc(C)c(C(=O)NCc3cnn(C)c3)c2)cc1. The maximum atomic E-state index is 12.7. The Morgan fingerprint density at radius 2 is 1.90 bits per heavy atom. The van der Waals surface area contributed by atoms with Gasteiger partial charge in [-0.1, -0.05) is 6.07 Å². The van der Waals surface area contributed by atoms with Gasteiger partial charge in [0.2, 0.25) is 0 Å². The molecule has 0 aliphatic carbocycles. The molecule has 8 nitrogen and oxygen atoms in total. The van der Waals surface area contributed by atoms with Crippen LogP contribution >= 0.6 is 0 Å². The van der Waals surface area contributed by atoms with Crippen LogP contribution in [0.25, 0.3) is 0 Å². The zero-order valence-corrected chi connectivity index (χ0v) is 17.2. The summed E-state index contributed by atoms with van der Waals surface area (Å²) in [6.07, 6.45) is 3.46. The lowest BCUT2D eigenvalue weighted by Crippen LogP contribution is -2.24. The van der Waals surface area contributed by atoms with Crippen LogP contribution in [0.5, 0.6) is 5.75 Å². The topological polar surface area (TPSA) is 102 Å². The molecule has 0 atom stereocenters. The van der Waals surface area contributed by atoms with E-state index in [0.717, 1.165) is 5.56 Å². The van der Waals surface area contributed by atoms with Gasteiger partial charge >= 0.3 is 0 Å². The number of nitrogens with zero attached hydrogens (tertiary/aromatic N) is 2. The van der Waals surface area contributed by atoms with Crippen LogP contribution in [0.3, 0.4) is 0 Å². The zero-order chi connectivity index (χ0) is 21.0. The van der Waals surface area contributed by atoms with Crippen molar-refractivity contribution in [3.8, 4) is 5.75 Å². The minimum absolute atomic E-state index is 0.00504. The number of amides is 1. The van der Waals surface area contributed by atoms with Gasteiger partial charge in [0.05, 0.1) is 18.2 Å². The lowest BCUT2D eigenvalue weighted by Gasteiger charge is -2.12. The Kier molecular flexibility index (Phi) is 5.88. The highest BCUT2D eigenvalue weighted by Gasteiger charge is 2.18. The number of nitrogens with one attached hydrogen (secondary N) is 2. The van der Waals surface area contributed by atoms with Crippen molar-refractivity contribution in [2.75, 3.05) is 11.8 Å². The molecular formula is C20H22N4O4S. The number of aryl methyl sites for hydroxylation is 2. The maximum absolute atomic E-state index is 12.7. The molecule has 2 aromatic carbocycles. The molecule has 9 heteroatoms. The number of rotatable bonds is 7. The lowest BCUT2D eigenvalue weighted by molar-refractivity contribution is 0.0950. The van der Waals surface area contributed by atoms with Crippen molar-refractivity contribution >= 4 is 21.6 Å². The largest absolute Gasteiger partial charge is 0.497 e. The van der Waals surface area contributed by atoms with Gasteiger partial charge in [-0.2, -0.15) is 5.10 Å². The quantitative estimate of drug-likeness (QED) is 0.618. The minimum atomic E-state index is -3.85. The average Bonchev–Trinajstić information content (AvgIpc) is 3.12. The number of aromatic nitrogens is 2. The number of methoxy groups -OCH3 is 1. The molecule has 0 fully saturated rings. The molecule has 3 rings (SSSR count). The van der Waals surface area contributed by atoms with Crippen molar-refractivity contribution in [1.82, 2.24) is 15.1 Å². The molecule has 0 saturated heterocycles. The monoisotopic (exact) mass is 414 g/mol. The molecule has 2 N–H and O–H groups in total. The fourth-order valence-electron chi connectivity index (χ4n) is 2.73. The Hall–Kier alpha value is -3.33. The Labute approximate surface area is 169 Å². The van der Waals surface area contributed by atoms with Crippen molar-refractivity contribution in [2.45, 2.75) is 18.4 Å². The van der Waals surface area contributed by atoms with E-state index >= 15 is 0 Å². The van der Waals surface area contributed by atoms with E-state index in [-0.39, 0.29) is 10.8 Å². The van der Waals surface area contributed by atoms with Gasteiger partial charge in [0, 0.05) is 36.6 Å². The summed E-state index contributed by atoms with van der Waals surface area (Å²) in [6.45, 7) is 2.06. The minimum Gasteiger partial charge on any atom is -0.497 e. The Morgan fingerprint density at radius 1 is 1.17 bits per heavy atom. The first kappa shape index (κ1) is 20.4. The molecule has 1 aromatic heterocycles. The van der Waals surface area contributed by atoms with Gasteiger partial charge in [-0.15, -0.1) is 0 Å². The predicted octanol–water partition coefficient (Wildman–Crippen LogP) is 2.47. The third kappa shape index (κ3) is 4.94. The van der Waals surface area contributed by atoms with Gasteiger partial charge < -0.3 is 10.1 Å². The molecule has 1 heterocycles. The van der Waals surface area contributed by atoms with Gasteiger partial charge in [-0.3, -0.25) is 14.2 Å². The fraction of sp³-hybridized carbons (Fsp3) is 0.200. The molecule has 152 valence electrons. The highest BCUT2D eigenvalue weighted by atomic mass is 32.2. The highest BCUT2D eigenvalue weighted by molar-refractivity contribution is 7.92. The van der Waals surface area contributed by atoms with E-state index in [1.54, 1.807) is 61.4 Å². The van der Waals surface area contributed by atoms with Crippen molar-refractivity contribution in [3.63, 3.8) is 0 Å². The van der Waals surface area contributed by atoms with Crippen LogP contribution in [0.2, 0.25) is 0 Å². The molecule has 0 aliphatic rings. The number of benzene rings is 2. The van der Waals surface area contributed by atoms with Crippen LogP contribution < -0.4 is 14.8 Å². The van der Waals surface area contributed by atoms with Crippen LogP contribution in [0.15, 0.2) is 59.8 Å². The molecule has 0 unspecified atom stereocenters. The molecule has 0 bridgehead atoms. The number of hydrogen-bond acceptors (Lipinski definition) is 5. The summed E-state index contributed by atoms with van der Waals surface area (Å²) in [7, 11) is -0.528. The zero-order valence-electron chi connectivity index (χ0n) is 16.3. The van der Waals surface area contributed by atoms with Gasteiger partial charge in [0.1, 0.15) is 5.75 Å². The Morgan fingerprint density at radius 3 is 2.52 bits per heavy atom. The molecule has 0 radical (unpaired) electrons. The number of sulfonamides is 1. The smallest absolute Gasteiger partial charge is 0.261 e. The van der Waals surface area contributed by atoms with Gasteiger partial charge in [-0.25, -0.2) is 8.42 Å². The number of carbonyl (C=O) groups is 1. The van der Waals surface area contributed by atoms with E-state index in [2.05, 4.69) is 15.1 Å². The van der Waals surface area contributed by atoms with E-state index in [4.69, 9.17) is 4.74 Å². The molecule has 29 heavy (non-hydrogen) atoms. The third-order valence-corrected chi connectivity index (χ3v) is 5.70. The summed E-state index contributed by atoms with van der Waals surface area (Å²) < 4.78 is 34.7. The molecule has 3 aromatic rings. The first-order valence-electron chi connectivity index (χ1n) is 8.82. The maximum Gasteiger partial charge on any atom is 0.261 e. The van der Waals surface area contributed by atoms with Gasteiger partial charge in [0.15, 0.2) is 0 Å². The number of hydrogen-bond donors (Lipinski definition) is 2. The first-order chi connectivity index (χ1) is 13.8. The second-order valence-electron chi connectivity index (χ2n) is 6.52. The van der Waals surface area contributed by atoms with Crippen molar-refractivity contribution < 1.29 is 17.9 Å². The summed E-state index contributed by atoms with van der Waals surface area (Å²) in [6, 6.07) is 11.0. The standard InChI is InChI=1S/C20H22N4O4S/c1-14-4-9-18(29(26,27)23-16-5-7-17(28-3)8-6-16)10-19(14)20(25)21-11-15-12-22-24(2)13-15/h4-10,12-13,23H,11H2,1-3H3,(H,21,25). The summed E-state index contributed by atoms with van der Waals surface area (Å²) in [5.74, 6) is 0.267. The second kappa shape index (κ2) is 8.36. The van der Waals surface area contributed by atoms with E-state index in [0.29, 0.717) is 29.1 Å². The Bertz CT molecular complexity index is 1120. The van der Waals surface area contributed by atoms with Crippen LogP contribution in [-0.2, 0) is 23.6 Å². The third-order valence-electron chi connectivity index (χ3n) is 4.32. The number of carbonyl (C=O) groups excluding carboxylic acids is 1. The summed E-state index contributed by atoms with van der Waals surface area (Å²) in [5, 5.41) is 6.84. The van der Waals surface area contributed by atoms with Crippen LogP contribution in [0.1, 0.15) is 21.5 Å². The molecule has 1 amide bonds. The molecule has 0 aliphatic heterocycles. The number of anilines is 1. The van der Waals surface area contributed by atoms with Gasteiger partial charge in [0.25, 0.3) is 15.9 Å². The highest BCUT2D eigenvalue weighted by Crippen LogP contribution is 2.21. The van der Waals surface area contributed by atoms with Crippen molar-refractivity contribution in [1.29, 1.82) is 0 Å². The molecular weight excluding hydrogens is 392 g/mol. The van der Waals surface area contributed by atoms with Crippen LogP contribution in [0, 0.1) is 6.92 Å². The van der Waals surface area contributed by atoms with E-state index in [9.17, 15) is 13.2 Å². The fourth-order valence-corrected chi connectivity index (χ4v) is 3.81. The molecule has 0 spiro atoms. The van der Waals surface area contributed by atoms with Crippen molar-refractivity contribution in [2.24, 2.45) is 7.05 Å². The predicted molar refractivity (Wildman–Crippen MR) is 109 cm³/mol. The Balaban J connectivity index is 1.78. The summed E-state index contributed by atoms with van der Waals surface area (Å²) >= 11 is 0. The molecule has 0 saturated carbocycles. The van der Waals surface area contributed by atoms with E-state index < -0.39 is 10.0 Å². The second-order valence-corrected chi connectivity index (χ2v) is 8.20. The van der Waals surface area contributed by atoms with Crippen molar-refractivity contribution in [3.05, 3.63) is 71.5 Å². The normalized spacial score (nSPS) is 11.1. The van der Waals surface area contributed by atoms with E-state index in [1.807, 2.05) is 0 Å². The van der Waals surface area contributed by atoms with Crippen LogP contribution in [-0.4, -0.2) is 31.2 Å². The average molecular weight is 414 g/mol. The lowest BCUT2D eigenvalue weighted by atomic mass is 10.1. The summed E-state index contributed by atoms with van der Waals surface area (Å²) in [5.41, 5.74) is 2.22. The number of ether oxygens (including phenoxy) is 1.